The van der Waals surface area contributed by atoms with Gasteiger partial charge in [0.2, 0.25) is 4.77 Å². The first-order valence-electron chi connectivity index (χ1n) is 6.61. The van der Waals surface area contributed by atoms with Crippen molar-refractivity contribution in [2.75, 3.05) is 32.7 Å². The molecule has 0 amide bonds. The highest BCUT2D eigenvalue weighted by atomic mass is 32.1. The lowest BCUT2D eigenvalue weighted by molar-refractivity contribution is 0.106. The topological polar surface area (TPSA) is 53.0 Å². The van der Waals surface area contributed by atoms with E-state index in [0.717, 1.165) is 19.5 Å². The minimum Gasteiger partial charge on any atom is -0.301 e. The summed E-state index contributed by atoms with van der Waals surface area (Å²) in [6.07, 6.45) is 1.08. The molecule has 1 saturated heterocycles. The Morgan fingerprint density at radius 1 is 1.22 bits per heavy atom. The Hall–Kier alpha value is -0.790. The minimum atomic E-state index is 0.541. The number of hydrogen-bond donors (Lipinski definition) is 1. The molecule has 0 radical (unpaired) electrons. The number of aromatic nitrogens is 4. The van der Waals surface area contributed by atoms with Crippen LogP contribution in [0.4, 0.5) is 0 Å². The van der Waals surface area contributed by atoms with Gasteiger partial charge in [-0.15, -0.1) is 0 Å². The molecule has 6 nitrogen and oxygen atoms in total. The van der Waals surface area contributed by atoms with E-state index in [4.69, 9.17) is 12.2 Å². The van der Waals surface area contributed by atoms with Crippen LogP contribution in [0, 0.1) is 4.77 Å². The van der Waals surface area contributed by atoms with E-state index < -0.39 is 0 Å². The minimum absolute atomic E-state index is 0.541. The van der Waals surface area contributed by atoms with Crippen molar-refractivity contribution in [1.82, 2.24) is 30.0 Å². The van der Waals surface area contributed by atoms with Gasteiger partial charge in [0, 0.05) is 45.3 Å². The first kappa shape index (κ1) is 13.6. The molecule has 1 aliphatic rings. The van der Waals surface area contributed by atoms with Gasteiger partial charge >= 0.3 is 0 Å². The largest absolute Gasteiger partial charge is 0.301 e. The lowest BCUT2D eigenvalue weighted by Crippen LogP contribution is -2.49. The fourth-order valence-electron chi connectivity index (χ4n) is 2.32. The zero-order valence-electron chi connectivity index (χ0n) is 11.2. The molecule has 2 heterocycles. The number of nitrogens with zero attached hydrogens (tertiary/aromatic N) is 5. The smallest absolute Gasteiger partial charge is 0.238 e. The van der Waals surface area contributed by atoms with Crippen LogP contribution in [0.2, 0.25) is 0 Å². The summed E-state index contributed by atoms with van der Waals surface area (Å²) in [5, 5.41) is 10.2. The Morgan fingerprint density at radius 3 is 2.50 bits per heavy atom. The number of nitrogens with one attached hydrogen (secondary N) is 1. The molecule has 2 rings (SSSR count). The zero-order valence-corrected chi connectivity index (χ0v) is 12.0. The highest BCUT2D eigenvalue weighted by molar-refractivity contribution is 7.71. The average molecular weight is 270 g/mol. The Bertz CT molecular complexity index is 404. The molecule has 1 aromatic rings. The van der Waals surface area contributed by atoms with Gasteiger partial charge in [-0.3, -0.25) is 4.90 Å². The SMILES string of the molecule is CC(C)N1CCN(CCCn2[nH]nnc2=S)CC1. The Kier molecular flexibility index (Phi) is 4.85. The quantitative estimate of drug-likeness (QED) is 0.800. The highest BCUT2D eigenvalue weighted by Crippen LogP contribution is 2.06. The standard InChI is InChI=1S/C11H22N6S/c1-10(2)16-8-6-15(7-9-16)4-3-5-17-11(18)12-13-14-17/h10H,3-9H2,1-2H3,(H,12,14,18). The van der Waals surface area contributed by atoms with Gasteiger partial charge in [0.15, 0.2) is 0 Å². The van der Waals surface area contributed by atoms with E-state index in [-0.39, 0.29) is 0 Å². The van der Waals surface area contributed by atoms with E-state index in [2.05, 4.69) is 39.2 Å². The third-order valence-corrected chi connectivity index (χ3v) is 3.83. The second-order valence-corrected chi connectivity index (χ2v) is 5.42. The third-order valence-electron chi connectivity index (χ3n) is 3.53. The van der Waals surface area contributed by atoms with Gasteiger partial charge in [0.25, 0.3) is 0 Å². The van der Waals surface area contributed by atoms with Gasteiger partial charge in [0.05, 0.1) is 0 Å². The van der Waals surface area contributed by atoms with Gasteiger partial charge in [-0.2, -0.15) is 5.21 Å². The van der Waals surface area contributed by atoms with Crippen molar-refractivity contribution in [1.29, 1.82) is 0 Å². The van der Waals surface area contributed by atoms with Crippen LogP contribution < -0.4 is 0 Å². The van der Waals surface area contributed by atoms with Crippen molar-refractivity contribution >= 4 is 12.2 Å². The molecule has 0 aliphatic carbocycles. The molecule has 1 aromatic heterocycles. The molecule has 7 heteroatoms. The van der Waals surface area contributed by atoms with Crippen LogP contribution in [-0.2, 0) is 6.54 Å². The van der Waals surface area contributed by atoms with Crippen LogP contribution in [0.1, 0.15) is 20.3 Å². The zero-order chi connectivity index (χ0) is 13.0. The van der Waals surface area contributed by atoms with Crippen LogP contribution in [0.3, 0.4) is 0 Å². The number of aromatic amines is 1. The number of rotatable bonds is 5. The van der Waals surface area contributed by atoms with Crippen LogP contribution in [0.25, 0.3) is 0 Å². The average Bonchev–Trinajstić information content (AvgIpc) is 2.76. The molecule has 102 valence electrons. The van der Waals surface area contributed by atoms with Crippen molar-refractivity contribution in [3.63, 3.8) is 0 Å². The monoisotopic (exact) mass is 270 g/mol. The molecule has 0 spiro atoms. The van der Waals surface area contributed by atoms with Crippen LogP contribution in [-0.4, -0.2) is 68.8 Å². The number of piperazine rings is 1. The molecule has 0 unspecified atom stereocenters. The van der Waals surface area contributed by atoms with Crippen LogP contribution in [0.15, 0.2) is 0 Å². The summed E-state index contributed by atoms with van der Waals surface area (Å²) in [6, 6.07) is 0.668. The first-order valence-corrected chi connectivity index (χ1v) is 7.02. The fraction of sp³-hybridized carbons (Fsp3) is 0.909. The van der Waals surface area contributed by atoms with Gasteiger partial charge in [-0.05, 0) is 32.5 Å². The summed E-state index contributed by atoms with van der Waals surface area (Å²) < 4.78 is 2.36. The summed E-state index contributed by atoms with van der Waals surface area (Å²) in [6.45, 7) is 11.2. The van der Waals surface area contributed by atoms with E-state index in [1.165, 1.54) is 26.2 Å². The van der Waals surface area contributed by atoms with Crippen molar-refractivity contribution in [3.8, 4) is 0 Å². The lowest BCUT2D eigenvalue weighted by Gasteiger charge is -2.36. The maximum atomic E-state index is 5.04. The van der Waals surface area contributed by atoms with Gasteiger partial charge in [-0.25, -0.2) is 4.68 Å². The molecular formula is C11H22N6S. The Labute approximate surface area is 113 Å². The van der Waals surface area contributed by atoms with E-state index in [0.29, 0.717) is 10.8 Å². The summed E-state index contributed by atoms with van der Waals surface area (Å²) >= 11 is 5.04. The first-order chi connectivity index (χ1) is 8.66. The predicted molar refractivity (Wildman–Crippen MR) is 73.0 cm³/mol. The number of tetrazole rings is 1. The highest BCUT2D eigenvalue weighted by Gasteiger charge is 2.17. The molecule has 0 bridgehead atoms. The molecule has 1 fully saturated rings. The molecule has 1 aliphatic heterocycles. The van der Waals surface area contributed by atoms with Gasteiger partial charge in [-0.1, -0.05) is 10.3 Å². The number of aryl methyl sites for hydroxylation is 1. The van der Waals surface area contributed by atoms with Crippen molar-refractivity contribution in [2.45, 2.75) is 32.9 Å². The predicted octanol–water partition coefficient (Wildman–Crippen LogP) is 0.752. The molecule has 0 saturated carbocycles. The van der Waals surface area contributed by atoms with Crippen molar-refractivity contribution < 1.29 is 0 Å². The fourth-order valence-corrected chi connectivity index (χ4v) is 2.49. The van der Waals surface area contributed by atoms with Gasteiger partial charge in [0.1, 0.15) is 0 Å². The van der Waals surface area contributed by atoms with E-state index in [1.54, 1.807) is 0 Å². The van der Waals surface area contributed by atoms with E-state index in [9.17, 15) is 0 Å². The molecular weight excluding hydrogens is 248 g/mol. The molecule has 0 atom stereocenters. The molecule has 18 heavy (non-hydrogen) atoms. The number of H-pyrrole nitrogens is 1. The summed E-state index contributed by atoms with van der Waals surface area (Å²) in [5.74, 6) is 0. The second kappa shape index (κ2) is 6.40. The van der Waals surface area contributed by atoms with Crippen molar-refractivity contribution in [2.24, 2.45) is 0 Å². The van der Waals surface area contributed by atoms with Crippen LogP contribution in [0.5, 0.6) is 0 Å². The Balaban J connectivity index is 1.67. The molecule has 0 aromatic carbocycles. The maximum Gasteiger partial charge on any atom is 0.238 e. The summed E-state index contributed by atoms with van der Waals surface area (Å²) in [5.41, 5.74) is 0. The normalized spacial score (nSPS) is 18.6. The maximum absolute atomic E-state index is 5.04. The summed E-state index contributed by atoms with van der Waals surface area (Å²) in [7, 11) is 0. The van der Waals surface area contributed by atoms with E-state index >= 15 is 0 Å². The lowest BCUT2D eigenvalue weighted by atomic mass is 10.2. The Morgan fingerprint density at radius 2 is 1.94 bits per heavy atom. The van der Waals surface area contributed by atoms with Crippen molar-refractivity contribution in [3.05, 3.63) is 4.77 Å². The molecule has 1 N–H and O–H groups in total. The number of hydrogen-bond acceptors (Lipinski definition) is 5. The van der Waals surface area contributed by atoms with Crippen LogP contribution >= 0.6 is 12.2 Å². The van der Waals surface area contributed by atoms with E-state index in [1.807, 2.05) is 4.68 Å². The second-order valence-electron chi connectivity index (χ2n) is 5.06. The summed E-state index contributed by atoms with van der Waals surface area (Å²) in [4.78, 5) is 5.05. The third kappa shape index (κ3) is 3.60. The van der Waals surface area contributed by atoms with Gasteiger partial charge < -0.3 is 4.90 Å².